The third kappa shape index (κ3) is 4.87. The highest BCUT2D eigenvalue weighted by Gasteiger charge is 2.27. The molecule has 2 aliphatic rings. The van der Waals surface area contributed by atoms with Crippen molar-refractivity contribution in [3.63, 3.8) is 0 Å². The standard InChI is InChI=1S/C27H36N4O2/c1-3-28-13-15-30(16-14-28)27(32)25-18-26-24(31(25)19-22-7-5-4-6-8-22)17-23(33-26)20-29-11-9-21(2)10-12-29/h4-8,17-18,21H,3,9-16,19-20H2,1-2H3. The largest absolute Gasteiger partial charge is 0.458 e. The van der Waals surface area contributed by atoms with Crippen LogP contribution >= 0.6 is 0 Å². The smallest absolute Gasteiger partial charge is 0.270 e. The molecule has 0 saturated carbocycles. The molecule has 0 aliphatic carbocycles. The number of rotatable bonds is 6. The SMILES string of the molecule is CCN1CCN(C(=O)c2cc3oc(CN4CCC(C)CC4)cc3n2Cc2ccccc2)CC1. The van der Waals surface area contributed by atoms with E-state index < -0.39 is 0 Å². The topological polar surface area (TPSA) is 44.9 Å². The molecule has 5 rings (SSSR count). The van der Waals surface area contributed by atoms with Crippen molar-refractivity contribution in [1.29, 1.82) is 0 Å². The van der Waals surface area contributed by atoms with Crippen molar-refractivity contribution < 1.29 is 9.21 Å². The van der Waals surface area contributed by atoms with Crippen molar-refractivity contribution >= 4 is 17.0 Å². The molecule has 6 nitrogen and oxygen atoms in total. The van der Waals surface area contributed by atoms with Crippen LogP contribution in [0.4, 0.5) is 0 Å². The molecular weight excluding hydrogens is 412 g/mol. The Labute approximate surface area is 196 Å². The molecule has 176 valence electrons. The van der Waals surface area contributed by atoms with Gasteiger partial charge in [-0.2, -0.15) is 0 Å². The van der Waals surface area contributed by atoms with Crippen molar-refractivity contribution in [2.45, 2.75) is 39.8 Å². The number of aromatic nitrogens is 1. The minimum Gasteiger partial charge on any atom is -0.458 e. The maximum Gasteiger partial charge on any atom is 0.270 e. The molecule has 0 radical (unpaired) electrons. The Bertz CT molecular complexity index is 1070. The number of nitrogens with zero attached hydrogens (tertiary/aromatic N) is 4. The third-order valence-electron chi connectivity index (χ3n) is 7.41. The van der Waals surface area contributed by atoms with Crippen LogP contribution in [0.1, 0.15) is 48.5 Å². The molecule has 33 heavy (non-hydrogen) atoms. The number of amides is 1. The van der Waals surface area contributed by atoms with E-state index >= 15 is 0 Å². The van der Waals surface area contributed by atoms with E-state index in [1.807, 2.05) is 17.0 Å². The van der Waals surface area contributed by atoms with E-state index in [4.69, 9.17) is 4.42 Å². The lowest BCUT2D eigenvalue weighted by Gasteiger charge is -2.34. The molecule has 0 unspecified atom stereocenters. The molecule has 2 saturated heterocycles. The Hall–Kier alpha value is -2.57. The van der Waals surface area contributed by atoms with Crippen LogP contribution in [0.25, 0.3) is 11.1 Å². The fourth-order valence-corrected chi connectivity index (χ4v) is 5.15. The molecule has 3 aromatic rings. The van der Waals surface area contributed by atoms with E-state index in [1.165, 1.54) is 18.4 Å². The summed E-state index contributed by atoms with van der Waals surface area (Å²) in [4.78, 5) is 20.4. The van der Waals surface area contributed by atoms with Gasteiger partial charge in [-0.25, -0.2) is 0 Å². The summed E-state index contributed by atoms with van der Waals surface area (Å²) in [6, 6.07) is 14.5. The predicted molar refractivity (Wildman–Crippen MR) is 131 cm³/mol. The van der Waals surface area contributed by atoms with Gasteiger partial charge in [0.25, 0.3) is 5.91 Å². The van der Waals surface area contributed by atoms with Crippen LogP contribution in [0.5, 0.6) is 0 Å². The van der Waals surface area contributed by atoms with Crippen LogP contribution in [0.3, 0.4) is 0 Å². The van der Waals surface area contributed by atoms with E-state index in [-0.39, 0.29) is 5.91 Å². The highest BCUT2D eigenvalue weighted by atomic mass is 16.3. The molecule has 2 aromatic heterocycles. The van der Waals surface area contributed by atoms with E-state index in [1.54, 1.807) is 0 Å². The van der Waals surface area contributed by atoms with Gasteiger partial charge in [0.15, 0.2) is 5.58 Å². The zero-order chi connectivity index (χ0) is 22.8. The number of piperazine rings is 1. The number of hydrogen-bond donors (Lipinski definition) is 0. The summed E-state index contributed by atoms with van der Waals surface area (Å²) >= 11 is 0. The fraction of sp³-hybridized carbons (Fsp3) is 0.519. The summed E-state index contributed by atoms with van der Waals surface area (Å²) in [7, 11) is 0. The molecule has 2 aliphatic heterocycles. The second-order valence-electron chi connectivity index (χ2n) is 9.75. The number of furan rings is 1. The normalized spacial score (nSPS) is 18.9. The third-order valence-corrected chi connectivity index (χ3v) is 7.41. The summed E-state index contributed by atoms with van der Waals surface area (Å²) in [5, 5.41) is 0. The van der Waals surface area contributed by atoms with Crippen molar-refractivity contribution in [1.82, 2.24) is 19.3 Å². The Morgan fingerprint density at radius 2 is 1.67 bits per heavy atom. The van der Waals surface area contributed by atoms with Crippen molar-refractivity contribution in [2.24, 2.45) is 5.92 Å². The second kappa shape index (κ2) is 9.74. The molecule has 1 aromatic carbocycles. The number of hydrogen-bond acceptors (Lipinski definition) is 4. The summed E-state index contributed by atoms with van der Waals surface area (Å²) in [5.41, 5.74) is 3.76. The molecule has 1 amide bonds. The summed E-state index contributed by atoms with van der Waals surface area (Å²) < 4.78 is 8.44. The highest BCUT2D eigenvalue weighted by Crippen LogP contribution is 2.28. The Morgan fingerprint density at radius 3 is 2.36 bits per heavy atom. The maximum atomic E-state index is 13.5. The molecule has 2 fully saturated rings. The maximum absolute atomic E-state index is 13.5. The lowest BCUT2D eigenvalue weighted by molar-refractivity contribution is 0.0633. The van der Waals surface area contributed by atoms with Gasteiger partial charge < -0.3 is 18.8 Å². The number of benzene rings is 1. The van der Waals surface area contributed by atoms with Crippen LogP contribution in [-0.4, -0.2) is 71.0 Å². The molecule has 6 heteroatoms. The summed E-state index contributed by atoms with van der Waals surface area (Å²) in [5.74, 6) is 1.92. The molecule has 0 bridgehead atoms. The van der Waals surface area contributed by atoms with E-state index in [0.717, 1.165) is 80.8 Å². The fourth-order valence-electron chi connectivity index (χ4n) is 5.15. The molecule has 4 heterocycles. The number of piperidine rings is 1. The molecular formula is C27H36N4O2. The predicted octanol–water partition coefficient (Wildman–Crippen LogP) is 4.29. The van der Waals surface area contributed by atoms with Crippen LogP contribution in [0, 0.1) is 5.92 Å². The van der Waals surface area contributed by atoms with Crippen LogP contribution in [0.15, 0.2) is 46.9 Å². The van der Waals surface area contributed by atoms with Crippen LogP contribution in [-0.2, 0) is 13.1 Å². The number of likely N-dealkylation sites (N-methyl/N-ethyl adjacent to an activating group) is 1. The number of carbonyl (C=O) groups is 1. The van der Waals surface area contributed by atoms with Gasteiger partial charge in [0, 0.05) is 44.9 Å². The second-order valence-corrected chi connectivity index (χ2v) is 9.75. The number of carbonyl (C=O) groups excluding carboxylic acids is 1. The Balaban J connectivity index is 1.42. The number of likely N-dealkylation sites (tertiary alicyclic amines) is 1. The van der Waals surface area contributed by atoms with Gasteiger partial charge >= 0.3 is 0 Å². The summed E-state index contributed by atoms with van der Waals surface area (Å²) in [6.07, 6.45) is 2.51. The van der Waals surface area contributed by atoms with Gasteiger partial charge in [-0.15, -0.1) is 0 Å². The van der Waals surface area contributed by atoms with Gasteiger partial charge in [-0.1, -0.05) is 44.2 Å². The zero-order valence-electron chi connectivity index (χ0n) is 20.0. The van der Waals surface area contributed by atoms with Crippen LogP contribution in [0.2, 0.25) is 0 Å². The Kier molecular flexibility index (Phi) is 6.56. The lowest BCUT2D eigenvalue weighted by atomic mass is 9.99. The van der Waals surface area contributed by atoms with Gasteiger partial charge in [-0.3, -0.25) is 9.69 Å². The first-order valence-electron chi connectivity index (χ1n) is 12.5. The minimum absolute atomic E-state index is 0.111. The Morgan fingerprint density at radius 1 is 0.939 bits per heavy atom. The monoisotopic (exact) mass is 448 g/mol. The van der Waals surface area contributed by atoms with E-state index in [9.17, 15) is 4.79 Å². The summed E-state index contributed by atoms with van der Waals surface area (Å²) in [6.45, 7) is 12.8. The highest BCUT2D eigenvalue weighted by molar-refractivity contribution is 5.97. The van der Waals surface area contributed by atoms with Crippen molar-refractivity contribution in [3.8, 4) is 0 Å². The molecule has 0 spiro atoms. The lowest BCUT2D eigenvalue weighted by Crippen LogP contribution is -2.48. The quantitative estimate of drug-likeness (QED) is 0.564. The minimum atomic E-state index is 0.111. The van der Waals surface area contributed by atoms with E-state index in [0.29, 0.717) is 6.54 Å². The van der Waals surface area contributed by atoms with Crippen LogP contribution < -0.4 is 0 Å². The van der Waals surface area contributed by atoms with Gasteiger partial charge in [0.2, 0.25) is 0 Å². The van der Waals surface area contributed by atoms with Crippen molar-refractivity contribution in [3.05, 3.63) is 59.5 Å². The molecule has 0 atom stereocenters. The first kappa shape index (κ1) is 22.2. The van der Waals surface area contributed by atoms with E-state index in [2.05, 4.69) is 58.5 Å². The number of fused-ring (bicyclic) bond motifs is 1. The van der Waals surface area contributed by atoms with Gasteiger partial charge in [-0.05, 0) is 44.0 Å². The average Bonchev–Trinajstić information content (AvgIpc) is 3.39. The molecule has 0 N–H and O–H groups in total. The first-order valence-corrected chi connectivity index (χ1v) is 12.5. The zero-order valence-corrected chi connectivity index (χ0v) is 20.0. The average molecular weight is 449 g/mol. The van der Waals surface area contributed by atoms with Gasteiger partial charge in [0.05, 0.1) is 12.1 Å². The first-order chi connectivity index (χ1) is 16.1. The van der Waals surface area contributed by atoms with Crippen molar-refractivity contribution in [2.75, 3.05) is 45.8 Å². The van der Waals surface area contributed by atoms with Gasteiger partial charge in [0.1, 0.15) is 11.5 Å².